The number of aromatic nitrogens is 2. The lowest BCUT2D eigenvalue weighted by molar-refractivity contribution is 0.101. The van der Waals surface area contributed by atoms with Crippen LogP contribution in [0.4, 0.5) is 5.82 Å². The highest BCUT2D eigenvalue weighted by atomic mass is 16.5. The van der Waals surface area contributed by atoms with E-state index in [4.69, 9.17) is 9.26 Å². The highest BCUT2D eigenvalue weighted by molar-refractivity contribution is 6.04. The second kappa shape index (κ2) is 5.24. The van der Waals surface area contributed by atoms with Crippen LogP contribution in [0.25, 0.3) is 11.3 Å². The molecule has 1 N–H and O–H groups in total. The Morgan fingerprint density at radius 3 is 2.91 bits per heavy atom. The van der Waals surface area contributed by atoms with Crippen molar-refractivity contribution in [3.05, 3.63) is 59.4 Å². The summed E-state index contributed by atoms with van der Waals surface area (Å²) < 4.78 is 11.0. The lowest BCUT2D eigenvalue weighted by Crippen LogP contribution is -2.17. The van der Waals surface area contributed by atoms with Crippen LogP contribution in [-0.4, -0.2) is 16.0 Å². The van der Waals surface area contributed by atoms with Crippen LogP contribution in [0.15, 0.2) is 47.1 Å². The highest BCUT2D eigenvalue weighted by Gasteiger charge is 2.28. The van der Waals surface area contributed by atoms with Gasteiger partial charge in [0.2, 0.25) is 0 Å². The van der Waals surface area contributed by atoms with Crippen LogP contribution in [0.1, 0.15) is 21.6 Å². The van der Waals surface area contributed by atoms with Gasteiger partial charge in [0.1, 0.15) is 18.2 Å². The molecule has 0 bridgehead atoms. The number of carbonyl (C=O) groups is 1. The standard InChI is InChI=1S/C17H13N3O3/c1-10-6-7-14(18-8-10)19-17(21)15-12-9-22-13-5-3-2-4-11(13)16(12)23-20-15/h2-8H,9H2,1H3,(H,18,19,21). The summed E-state index contributed by atoms with van der Waals surface area (Å²) in [6, 6.07) is 11.1. The Balaban J connectivity index is 1.65. The number of ether oxygens (including phenoxy) is 1. The second-order valence-corrected chi connectivity index (χ2v) is 5.30. The van der Waals surface area contributed by atoms with E-state index >= 15 is 0 Å². The fourth-order valence-electron chi connectivity index (χ4n) is 2.48. The Kier molecular flexibility index (Phi) is 3.08. The summed E-state index contributed by atoms with van der Waals surface area (Å²) in [5.41, 5.74) is 2.69. The van der Waals surface area contributed by atoms with E-state index in [0.717, 1.165) is 16.9 Å². The van der Waals surface area contributed by atoms with Crippen molar-refractivity contribution in [3.63, 3.8) is 0 Å². The molecule has 4 rings (SSSR count). The molecule has 23 heavy (non-hydrogen) atoms. The first kappa shape index (κ1) is 13.5. The quantitative estimate of drug-likeness (QED) is 0.786. The number of pyridine rings is 1. The van der Waals surface area contributed by atoms with Crippen LogP contribution >= 0.6 is 0 Å². The lowest BCUT2D eigenvalue weighted by atomic mass is 10.0. The zero-order chi connectivity index (χ0) is 15.8. The molecule has 2 aromatic heterocycles. The van der Waals surface area contributed by atoms with Crippen LogP contribution < -0.4 is 10.1 Å². The highest BCUT2D eigenvalue weighted by Crippen LogP contribution is 2.38. The Morgan fingerprint density at radius 1 is 1.22 bits per heavy atom. The molecule has 0 fully saturated rings. The molecule has 0 spiro atoms. The van der Waals surface area contributed by atoms with Crippen LogP contribution in [-0.2, 0) is 6.61 Å². The van der Waals surface area contributed by atoms with Gasteiger partial charge in [0.05, 0.1) is 11.1 Å². The van der Waals surface area contributed by atoms with Gasteiger partial charge < -0.3 is 14.6 Å². The van der Waals surface area contributed by atoms with Gasteiger partial charge in [-0.25, -0.2) is 4.98 Å². The average molecular weight is 307 g/mol. The van der Waals surface area contributed by atoms with Gasteiger partial charge in [0.25, 0.3) is 5.91 Å². The van der Waals surface area contributed by atoms with Crippen molar-refractivity contribution in [2.45, 2.75) is 13.5 Å². The molecule has 1 aliphatic heterocycles. The van der Waals surface area contributed by atoms with Crippen molar-refractivity contribution in [3.8, 4) is 17.1 Å². The molecule has 0 saturated heterocycles. The van der Waals surface area contributed by atoms with Crippen LogP contribution in [0.3, 0.4) is 0 Å². The van der Waals surface area contributed by atoms with Gasteiger partial charge >= 0.3 is 0 Å². The molecule has 0 unspecified atom stereocenters. The lowest BCUT2D eigenvalue weighted by Gasteiger charge is -2.15. The summed E-state index contributed by atoms with van der Waals surface area (Å²) in [5, 5.41) is 6.63. The van der Waals surface area contributed by atoms with Crippen LogP contribution in [0.5, 0.6) is 5.75 Å². The molecular weight excluding hydrogens is 294 g/mol. The molecule has 0 aliphatic carbocycles. The molecule has 0 atom stereocenters. The van der Waals surface area contributed by atoms with Crippen molar-refractivity contribution in [1.29, 1.82) is 0 Å². The van der Waals surface area contributed by atoms with E-state index in [9.17, 15) is 4.79 Å². The van der Waals surface area contributed by atoms with Gasteiger partial charge in [-0.1, -0.05) is 23.4 Å². The number of fused-ring (bicyclic) bond motifs is 3. The largest absolute Gasteiger partial charge is 0.488 e. The third-order valence-electron chi connectivity index (χ3n) is 3.66. The fourth-order valence-corrected chi connectivity index (χ4v) is 2.48. The maximum atomic E-state index is 12.4. The normalized spacial score (nSPS) is 12.0. The first-order valence-corrected chi connectivity index (χ1v) is 7.17. The van der Waals surface area contributed by atoms with E-state index < -0.39 is 0 Å². The Morgan fingerprint density at radius 2 is 2.09 bits per heavy atom. The molecule has 0 saturated carbocycles. The Bertz CT molecular complexity index is 884. The molecular formula is C17H13N3O3. The topological polar surface area (TPSA) is 77.2 Å². The van der Waals surface area contributed by atoms with E-state index in [1.54, 1.807) is 12.3 Å². The van der Waals surface area contributed by atoms with E-state index in [1.165, 1.54) is 0 Å². The smallest absolute Gasteiger partial charge is 0.279 e. The van der Waals surface area contributed by atoms with Gasteiger partial charge in [0, 0.05) is 6.20 Å². The number of carbonyl (C=O) groups excluding carboxylic acids is 1. The van der Waals surface area contributed by atoms with Gasteiger partial charge in [-0.05, 0) is 30.7 Å². The van der Waals surface area contributed by atoms with Gasteiger partial charge in [-0.2, -0.15) is 0 Å². The maximum Gasteiger partial charge on any atom is 0.279 e. The molecule has 3 heterocycles. The van der Waals surface area contributed by atoms with Crippen LogP contribution in [0, 0.1) is 6.92 Å². The molecule has 114 valence electrons. The SMILES string of the molecule is Cc1ccc(NC(=O)c2noc3c2COc2ccccc2-3)nc1. The number of amides is 1. The number of benzene rings is 1. The molecule has 1 aliphatic rings. The fraction of sp³-hybridized carbons (Fsp3) is 0.118. The summed E-state index contributed by atoms with van der Waals surface area (Å²) in [5.74, 6) is 1.40. The van der Waals surface area contributed by atoms with Crippen molar-refractivity contribution in [2.75, 3.05) is 5.32 Å². The summed E-state index contributed by atoms with van der Waals surface area (Å²) in [7, 11) is 0. The number of rotatable bonds is 2. The number of hydrogen-bond acceptors (Lipinski definition) is 5. The number of aryl methyl sites for hydroxylation is 1. The van der Waals surface area contributed by atoms with E-state index in [1.807, 2.05) is 37.3 Å². The Hall–Kier alpha value is -3.15. The first-order valence-electron chi connectivity index (χ1n) is 7.17. The Labute approximate surface area is 132 Å². The summed E-state index contributed by atoms with van der Waals surface area (Å²) in [4.78, 5) is 16.6. The number of para-hydroxylation sites is 1. The minimum Gasteiger partial charge on any atom is -0.488 e. The van der Waals surface area contributed by atoms with Gasteiger partial charge in [-0.15, -0.1) is 0 Å². The molecule has 0 radical (unpaired) electrons. The van der Waals surface area contributed by atoms with E-state index in [0.29, 0.717) is 17.1 Å². The predicted molar refractivity (Wildman–Crippen MR) is 83.2 cm³/mol. The zero-order valence-electron chi connectivity index (χ0n) is 12.4. The predicted octanol–water partition coefficient (Wildman–Crippen LogP) is 3.19. The molecule has 3 aromatic rings. The summed E-state index contributed by atoms with van der Waals surface area (Å²) in [6.45, 7) is 2.18. The van der Waals surface area contributed by atoms with Crippen molar-refractivity contribution >= 4 is 11.7 Å². The van der Waals surface area contributed by atoms with Crippen molar-refractivity contribution in [1.82, 2.24) is 10.1 Å². The van der Waals surface area contributed by atoms with Gasteiger partial charge in [-0.3, -0.25) is 4.79 Å². The molecule has 6 nitrogen and oxygen atoms in total. The second-order valence-electron chi connectivity index (χ2n) is 5.30. The van der Waals surface area contributed by atoms with Crippen molar-refractivity contribution < 1.29 is 14.1 Å². The summed E-state index contributed by atoms with van der Waals surface area (Å²) >= 11 is 0. The molecule has 1 aromatic carbocycles. The van der Waals surface area contributed by atoms with Crippen molar-refractivity contribution in [2.24, 2.45) is 0 Å². The summed E-state index contributed by atoms with van der Waals surface area (Å²) in [6.07, 6.45) is 1.69. The minimum atomic E-state index is -0.366. The number of anilines is 1. The van der Waals surface area contributed by atoms with E-state index in [-0.39, 0.29) is 18.2 Å². The molecule has 6 heteroatoms. The number of hydrogen-bond donors (Lipinski definition) is 1. The van der Waals surface area contributed by atoms with E-state index in [2.05, 4.69) is 15.5 Å². The monoisotopic (exact) mass is 307 g/mol. The third kappa shape index (κ3) is 2.34. The van der Waals surface area contributed by atoms with Crippen LogP contribution in [0.2, 0.25) is 0 Å². The number of nitrogens with one attached hydrogen (secondary N) is 1. The zero-order valence-corrected chi connectivity index (χ0v) is 12.4. The third-order valence-corrected chi connectivity index (χ3v) is 3.66. The minimum absolute atomic E-state index is 0.219. The van der Waals surface area contributed by atoms with Gasteiger partial charge in [0.15, 0.2) is 11.5 Å². The number of nitrogens with zero attached hydrogens (tertiary/aromatic N) is 2. The molecule has 1 amide bonds. The first-order chi connectivity index (χ1) is 11.2. The average Bonchev–Trinajstić information content (AvgIpc) is 3.01. The maximum absolute atomic E-state index is 12.4.